The van der Waals surface area contributed by atoms with Gasteiger partial charge in [-0.15, -0.1) is 0 Å². The minimum Gasteiger partial charge on any atom is -0.453 e. The Morgan fingerprint density at radius 3 is 2.71 bits per heavy atom. The van der Waals surface area contributed by atoms with Crippen molar-refractivity contribution < 1.29 is 4.42 Å². The fraction of sp³-hybridized carbons (Fsp3) is 0.250. The Morgan fingerprint density at radius 1 is 1.19 bits per heavy atom. The lowest BCUT2D eigenvalue weighted by Gasteiger charge is -2.06. The van der Waals surface area contributed by atoms with Crippen molar-refractivity contribution >= 4 is 34.2 Å². The van der Waals surface area contributed by atoms with Crippen molar-refractivity contribution in [1.29, 1.82) is 0 Å². The Hall–Kier alpha value is -1.58. The molecule has 3 nitrogen and oxygen atoms in total. The second kappa shape index (κ2) is 4.72. The van der Waals surface area contributed by atoms with Crippen LogP contribution in [0.2, 0.25) is 10.2 Å². The third kappa shape index (κ3) is 2.21. The summed E-state index contributed by atoms with van der Waals surface area (Å²) in [4.78, 5) is 9.04. The van der Waals surface area contributed by atoms with Crippen LogP contribution < -0.4 is 0 Å². The van der Waals surface area contributed by atoms with Crippen molar-refractivity contribution in [3.8, 4) is 11.5 Å². The Bertz CT molecular complexity index is 853. The van der Waals surface area contributed by atoms with Crippen molar-refractivity contribution in [1.82, 2.24) is 9.97 Å². The molecule has 2 heterocycles. The van der Waals surface area contributed by atoms with Gasteiger partial charge in [0.2, 0.25) is 0 Å². The average Bonchev–Trinajstić information content (AvgIpc) is 3.21. The molecule has 0 unspecified atom stereocenters. The minimum atomic E-state index is 0.440. The first-order valence-corrected chi connectivity index (χ1v) is 7.61. The molecule has 0 saturated heterocycles. The summed E-state index contributed by atoms with van der Waals surface area (Å²) in [7, 11) is 0. The van der Waals surface area contributed by atoms with Crippen LogP contribution in [0.3, 0.4) is 0 Å². The predicted octanol–water partition coefficient (Wildman–Crippen LogP) is 5.38. The number of benzene rings is 1. The molecular formula is C16H12Cl2N2O. The maximum Gasteiger partial charge on any atom is 0.154 e. The number of fused-ring (bicyclic) bond motifs is 1. The van der Waals surface area contributed by atoms with E-state index in [1.807, 2.05) is 31.2 Å². The van der Waals surface area contributed by atoms with Gasteiger partial charge < -0.3 is 4.42 Å². The van der Waals surface area contributed by atoms with Crippen LogP contribution in [0, 0.1) is 6.92 Å². The van der Waals surface area contributed by atoms with Crippen molar-refractivity contribution in [2.24, 2.45) is 0 Å². The Balaban J connectivity index is 1.93. The molecule has 1 fully saturated rings. The molecule has 4 rings (SSSR count). The number of rotatable bonds is 2. The number of halogens is 2. The van der Waals surface area contributed by atoms with Gasteiger partial charge in [0, 0.05) is 16.9 Å². The first kappa shape index (κ1) is 13.1. The van der Waals surface area contributed by atoms with Gasteiger partial charge >= 0.3 is 0 Å². The maximum atomic E-state index is 6.25. The summed E-state index contributed by atoms with van der Waals surface area (Å²) in [6, 6.07) is 7.63. The SMILES string of the molecule is Cc1c(Cl)nc(C2CC2)nc1-c1cc2cccc(Cl)c2o1. The fourth-order valence-electron chi connectivity index (χ4n) is 2.41. The standard InChI is InChI=1S/C16H12Cl2N2O/c1-8-13(19-16(9-5-6-9)20-15(8)18)12-7-10-3-2-4-11(17)14(10)21-12/h2-4,7,9H,5-6H2,1H3. The van der Waals surface area contributed by atoms with Crippen molar-refractivity contribution in [2.75, 3.05) is 0 Å². The lowest BCUT2D eigenvalue weighted by Crippen LogP contribution is -1.98. The summed E-state index contributed by atoms with van der Waals surface area (Å²) in [6.07, 6.45) is 2.26. The quantitative estimate of drug-likeness (QED) is 0.595. The van der Waals surface area contributed by atoms with Gasteiger partial charge in [-0.25, -0.2) is 9.97 Å². The number of hydrogen-bond donors (Lipinski definition) is 0. The summed E-state index contributed by atoms with van der Waals surface area (Å²) in [5.41, 5.74) is 2.26. The van der Waals surface area contributed by atoms with Gasteiger partial charge in [-0.05, 0) is 31.9 Å². The third-order valence-electron chi connectivity index (χ3n) is 3.78. The van der Waals surface area contributed by atoms with Crippen LogP contribution in [-0.2, 0) is 0 Å². The normalized spacial score (nSPS) is 14.8. The predicted molar refractivity (Wildman–Crippen MR) is 84.0 cm³/mol. The highest BCUT2D eigenvalue weighted by molar-refractivity contribution is 6.34. The molecule has 0 radical (unpaired) electrons. The van der Waals surface area contributed by atoms with E-state index in [0.717, 1.165) is 35.3 Å². The Morgan fingerprint density at radius 2 is 2.00 bits per heavy atom. The van der Waals surface area contributed by atoms with E-state index in [1.165, 1.54) is 0 Å². The summed E-state index contributed by atoms with van der Waals surface area (Å²) in [6.45, 7) is 1.91. The van der Waals surface area contributed by atoms with E-state index in [9.17, 15) is 0 Å². The highest BCUT2D eigenvalue weighted by Gasteiger charge is 2.28. The molecule has 1 saturated carbocycles. The molecule has 106 valence electrons. The molecule has 0 bridgehead atoms. The van der Waals surface area contributed by atoms with E-state index in [4.69, 9.17) is 27.6 Å². The number of para-hydroxylation sites is 1. The highest BCUT2D eigenvalue weighted by atomic mass is 35.5. The number of nitrogens with zero attached hydrogens (tertiary/aromatic N) is 2. The van der Waals surface area contributed by atoms with Crippen molar-refractivity contribution in [3.63, 3.8) is 0 Å². The molecule has 1 aromatic carbocycles. The van der Waals surface area contributed by atoms with Crippen LogP contribution in [0.15, 0.2) is 28.7 Å². The maximum absolute atomic E-state index is 6.25. The summed E-state index contributed by atoms with van der Waals surface area (Å²) in [5, 5.41) is 2.05. The van der Waals surface area contributed by atoms with Crippen LogP contribution in [-0.4, -0.2) is 9.97 Å². The van der Waals surface area contributed by atoms with E-state index in [2.05, 4.69) is 9.97 Å². The van der Waals surface area contributed by atoms with E-state index < -0.39 is 0 Å². The molecule has 0 aliphatic heterocycles. The lowest BCUT2D eigenvalue weighted by atomic mass is 10.2. The first-order valence-electron chi connectivity index (χ1n) is 6.86. The van der Waals surface area contributed by atoms with Crippen LogP contribution in [0.1, 0.15) is 30.1 Å². The third-order valence-corrected chi connectivity index (χ3v) is 4.44. The van der Waals surface area contributed by atoms with Crippen molar-refractivity contribution in [2.45, 2.75) is 25.7 Å². The van der Waals surface area contributed by atoms with E-state index >= 15 is 0 Å². The zero-order chi connectivity index (χ0) is 14.6. The van der Waals surface area contributed by atoms with Gasteiger partial charge in [-0.1, -0.05) is 35.3 Å². The lowest BCUT2D eigenvalue weighted by molar-refractivity contribution is 0.627. The fourth-order valence-corrected chi connectivity index (χ4v) is 2.81. The molecule has 0 atom stereocenters. The van der Waals surface area contributed by atoms with Crippen molar-refractivity contribution in [3.05, 3.63) is 45.8 Å². The highest BCUT2D eigenvalue weighted by Crippen LogP contribution is 2.41. The van der Waals surface area contributed by atoms with Crippen LogP contribution in [0.25, 0.3) is 22.4 Å². The molecule has 1 aliphatic rings. The second-order valence-corrected chi connectivity index (χ2v) is 6.15. The molecule has 0 spiro atoms. The van der Waals surface area contributed by atoms with Gasteiger partial charge in [0.15, 0.2) is 11.3 Å². The monoisotopic (exact) mass is 318 g/mol. The first-order chi connectivity index (χ1) is 10.1. The molecule has 5 heteroatoms. The average molecular weight is 319 g/mol. The Labute approximate surface area is 131 Å². The van der Waals surface area contributed by atoms with E-state index in [-0.39, 0.29) is 0 Å². The molecular weight excluding hydrogens is 307 g/mol. The number of hydrogen-bond acceptors (Lipinski definition) is 3. The van der Waals surface area contributed by atoms with Gasteiger partial charge in [-0.2, -0.15) is 0 Å². The van der Waals surface area contributed by atoms with Gasteiger partial charge in [0.05, 0.1) is 5.02 Å². The topological polar surface area (TPSA) is 38.9 Å². The Kier molecular flexibility index (Phi) is 2.95. The smallest absolute Gasteiger partial charge is 0.154 e. The van der Waals surface area contributed by atoms with Crippen LogP contribution >= 0.6 is 23.2 Å². The summed E-state index contributed by atoms with van der Waals surface area (Å²) in [5.74, 6) is 1.93. The van der Waals surface area contributed by atoms with Crippen LogP contribution in [0.4, 0.5) is 0 Å². The van der Waals surface area contributed by atoms with Gasteiger partial charge in [0.1, 0.15) is 16.7 Å². The molecule has 3 aromatic rings. The molecule has 0 amide bonds. The molecule has 2 aromatic heterocycles. The molecule has 21 heavy (non-hydrogen) atoms. The molecule has 1 aliphatic carbocycles. The van der Waals surface area contributed by atoms with Crippen LogP contribution in [0.5, 0.6) is 0 Å². The summed E-state index contributed by atoms with van der Waals surface area (Å²) >= 11 is 12.4. The van der Waals surface area contributed by atoms with Gasteiger partial charge in [0.25, 0.3) is 0 Å². The number of furan rings is 1. The number of aromatic nitrogens is 2. The summed E-state index contributed by atoms with van der Waals surface area (Å²) < 4.78 is 5.89. The van der Waals surface area contributed by atoms with Gasteiger partial charge in [-0.3, -0.25) is 0 Å². The zero-order valence-electron chi connectivity index (χ0n) is 11.4. The second-order valence-electron chi connectivity index (χ2n) is 5.39. The van der Waals surface area contributed by atoms with E-state index in [1.54, 1.807) is 0 Å². The van der Waals surface area contributed by atoms with E-state index in [0.29, 0.717) is 27.4 Å². The zero-order valence-corrected chi connectivity index (χ0v) is 12.9. The minimum absolute atomic E-state index is 0.440. The molecule has 0 N–H and O–H groups in total. The largest absolute Gasteiger partial charge is 0.453 e.